The van der Waals surface area contributed by atoms with Gasteiger partial charge in [0.25, 0.3) is 0 Å². The Labute approximate surface area is 177 Å². The van der Waals surface area contributed by atoms with Crippen molar-refractivity contribution in [3.8, 4) is 5.75 Å². The summed E-state index contributed by atoms with van der Waals surface area (Å²) in [6.45, 7) is 5.67. The van der Waals surface area contributed by atoms with E-state index in [1.165, 1.54) is 0 Å². The minimum atomic E-state index is -0.993. The molecule has 0 unspecified atom stereocenters. The zero-order valence-corrected chi connectivity index (χ0v) is 18.3. The van der Waals surface area contributed by atoms with Gasteiger partial charge in [0, 0.05) is 13.5 Å². The Morgan fingerprint density at radius 1 is 1.20 bits per heavy atom. The van der Waals surface area contributed by atoms with Gasteiger partial charge in [0.05, 0.1) is 26.4 Å². The minimum Gasteiger partial charge on any atom is -0.497 e. The number of methoxy groups -OCH3 is 2. The molecule has 1 aliphatic rings. The number of hydrogen-bond acceptors (Lipinski definition) is 8. The van der Waals surface area contributed by atoms with E-state index in [2.05, 4.69) is 0 Å². The lowest BCUT2D eigenvalue weighted by atomic mass is 9.99. The Morgan fingerprint density at radius 3 is 2.47 bits per heavy atom. The number of carbonyl (C=O) groups excluding carboxylic acids is 2. The standard InChI is InChI=1S/C22H32O8/c1-6-27-21(24)20-19(29-22(2,3)30-20)18(17(26-5)8-7-13-23)28-14-15-9-11-16(25-4)12-10-15/h9-13,17-20H,6-8,14H2,1-5H3/t17-,18-,19+,20+/m0/s1. The molecule has 0 amide bonds. The molecular formula is C22H32O8. The molecule has 0 aliphatic carbocycles. The summed E-state index contributed by atoms with van der Waals surface area (Å²) in [5.74, 6) is -0.767. The lowest BCUT2D eigenvalue weighted by Gasteiger charge is -2.32. The maximum atomic E-state index is 12.5. The van der Waals surface area contributed by atoms with Crippen molar-refractivity contribution in [1.29, 1.82) is 0 Å². The van der Waals surface area contributed by atoms with E-state index < -0.39 is 36.2 Å². The molecule has 1 aromatic carbocycles. The van der Waals surface area contributed by atoms with Crippen LogP contribution in [0.2, 0.25) is 0 Å². The minimum absolute atomic E-state index is 0.224. The van der Waals surface area contributed by atoms with Crippen LogP contribution in [0.4, 0.5) is 0 Å². The quantitative estimate of drug-likeness (QED) is 0.374. The zero-order chi connectivity index (χ0) is 22.1. The zero-order valence-electron chi connectivity index (χ0n) is 18.3. The van der Waals surface area contributed by atoms with Crippen molar-refractivity contribution >= 4 is 12.3 Å². The van der Waals surface area contributed by atoms with Gasteiger partial charge in [0.15, 0.2) is 11.9 Å². The highest BCUT2D eigenvalue weighted by atomic mass is 16.8. The molecule has 1 aliphatic heterocycles. The van der Waals surface area contributed by atoms with Gasteiger partial charge in [-0.1, -0.05) is 12.1 Å². The second-order valence-electron chi connectivity index (χ2n) is 7.41. The fourth-order valence-electron chi connectivity index (χ4n) is 3.41. The summed E-state index contributed by atoms with van der Waals surface area (Å²) in [7, 11) is 3.14. The first-order valence-corrected chi connectivity index (χ1v) is 10.1. The number of ether oxygens (including phenoxy) is 6. The molecule has 1 heterocycles. The van der Waals surface area contributed by atoms with E-state index in [9.17, 15) is 9.59 Å². The summed E-state index contributed by atoms with van der Waals surface area (Å²) < 4.78 is 34.0. The molecule has 0 saturated carbocycles. The molecule has 1 saturated heterocycles. The first kappa shape index (κ1) is 24.3. The second-order valence-corrected chi connectivity index (χ2v) is 7.41. The lowest BCUT2D eigenvalue weighted by molar-refractivity contribution is -0.177. The Bertz CT molecular complexity index is 672. The Balaban J connectivity index is 2.25. The van der Waals surface area contributed by atoms with E-state index in [1.807, 2.05) is 24.3 Å². The van der Waals surface area contributed by atoms with E-state index >= 15 is 0 Å². The monoisotopic (exact) mass is 424 g/mol. The molecule has 2 rings (SSSR count). The average Bonchev–Trinajstić information content (AvgIpc) is 3.06. The number of esters is 1. The van der Waals surface area contributed by atoms with Gasteiger partial charge in [-0.05, 0) is 44.9 Å². The van der Waals surface area contributed by atoms with Crippen molar-refractivity contribution in [3.05, 3.63) is 29.8 Å². The molecule has 0 spiro atoms. The largest absolute Gasteiger partial charge is 0.497 e. The lowest BCUT2D eigenvalue weighted by Crippen LogP contribution is -2.48. The Kier molecular flexibility index (Phi) is 9.23. The highest BCUT2D eigenvalue weighted by molar-refractivity contribution is 5.76. The van der Waals surface area contributed by atoms with Crippen LogP contribution < -0.4 is 4.74 Å². The first-order valence-electron chi connectivity index (χ1n) is 10.1. The fraction of sp³-hybridized carbons (Fsp3) is 0.636. The van der Waals surface area contributed by atoms with Crippen molar-refractivity contribution in [2.24, 2.45) is 0 Å². The summed E-state index contributed by atoms with van der Waals surface area (Å²) in [6, 6.07) is 7.46. The molecule has 168 valence electrons. The van der Waals surface area contributed by atoms with Gasteiger partial charge in [-0.3, -0.25) is 0 Å². The molecule has 1 aromatic rings. The van der Waals surface area contributed by atoms with Crippen molar-refractivity contribution < 1.29 is 38.0 Å². The van der Waals surface area contributed by atoms with Gasteiger partial charge in [0.2, 0.25) is 0 Å². The molecule has 8 nitrogen and oxygen atoms in total. The highest BCUT2D eigenvalue weighted by Gasteiger charge is 2.51. The van der Waals surface area contributed by atoms with Gasteiger partial charge in [-0.2, -0.15) is 0 Å². The van der Waals surface area contributed by atoms with Crippen LogP contribution in [0.5, 0.6) is 5.75 Å². The summed E-state index contributed by atoms with van der Waals surface area (Å²) in [5.41, 5.74) is 0.914. The van der Waals surface area contributed by atoms with E-state index in [4.69, 9.17) is 28.4 Å². The maximum Gasteiger partial charge on any atom is 0.338 e. The number of benzene rings is 1. The van der Waals surface area contributed by atoms with E-state index in [0.717, 1.165) is 17.6 Å². The van der Waals surface area contributed by atoms with E-state index in [0.29, 0.717) is 12.8 Å². The van der Waals surface area contributed by atoms with Gasteiger partial charge < -0.3 is 33.2 Å². The third kappa shape index (κ3) is 6.50. The smallest absolute Gasteiger partial charge is 0.338 e. The molecular weight excluding hydrogens is 392 g/mol. The summed E-state index contributed by atoms with van der Waals surface area (Å²) in [4.78, 5) is 23.5. The molecule has 30 heavy (non-hydrogen) atoms. The third-order valence-corrected chi connectivity index (χ3v) is 4.81. The Hall–Kier alpha value is -2.00. The molecule has 4 atom stereocenters. The van der Waals surface area contributed by atoms with Crippen molar-refractivity contribution in [1.82, 2.24) is 0 Å². The average molecular weight is 424 g/mol. The highest BCUT2D eigenvalue weighted by Crippen LogP contribution is 2.34. The molecule has 8 heteroatoms. The van der Waals surface area contributed by atoms with Gasteiger partial charge >= 0.3 is 5.97 Å². The van der Waals surface area contributed by atoms with Gasteiger partial charge in [-0.15, -0.1) is 0 Å². The summed E-state index contributed by atoms with van der Waals surface area (Å²) >= 11 is 0. The SMILES string of the molecule is CCOC(=O)[C@@H]1OC(C)(C)O[C@@H]1[C@@H](OCc1ccc(OC)cc1)[C@H](CCC=O)OC. The third-order valence-electron chi connectivity index (χ3n) is 4.81. The van der Waals surface area contributed by atoms with Gasteiger partial charge in [0.1, 0.15) is 24.2 Å². The van der Waals surface area contributed by atoms with Crippen LogP contribution in [0.15, 0.2) is 24.3 Å². The van der Waals surface area contributed by atoms with Gasteiger partial charge in [-0.25, -0.2) is 4.79 Å². The predicted molar refractivity (Wildman–Crippen MR) is 108 cm³/mol. The number of hydrogen-bond donors (Lipinski definition) is 0. The molecule has 1 fully saturated rings. The van der Waals surface area contributed by atoms with Crippen LogP contribution in [0, 0.1) is 0 Å². The molecule has 0 N–H and O–H groups in total. The van der Waals surface area contributed by atoms with Crippen LogP contribution in [-0.4, -0.2) is 63.3 Å². The van der Waals surface area contributed by atoms with Crippen LogP contribution >= 0.6 is 0 Å². The normalized spacial score (nSPS) is 22.3. The molecule has 0 aromatic heterocycles. The maximum absolute atomic E-state index is 12.5. The first-order chi connectivity index (χ1) is 14.3. The molecule has 0 bridgehead atoms. The van der Waals surface area contributed by atoms with E-state index in [1.54, 1.807) is 35.0 Å². The van der Waals surface area contributed by atoms with Crippen LogP contribution in [0.3, 0.4) is 0 Å². The second kappa shape index (κ2) is 11.4. The predicted octanol–water partition coefficient (Wildman–Crippen LogP) is 2.66. The van der Waals surface area contributed by atoms with Crippen molar-refractivity contribution in [2.75, 3.05) is 20.8 Å². The summed E-state index contributed by atoms with van der Waals surface area (Å²) in [5, 5.41) is 0. The fourth-order valence-corrected chi connectivity index (χ4v) is 3.41. The van der Waals surface area contributed by atoms with Crippen molar-refractivity contribution in [2.45, 2.75) is 70.4 Å². The van der Waals surface area contributed by atoms with Crippen LogP contribution in [0.25, 0.3) is 0 Å². The topological polar surface area (TPSA) is 89.5 Å². The Morgan fingerprint density at radius 2 is 1.90 bits per heavy atom. The van der Waals surface area contributed by atoms with Crippen molar-refractivity contribution in [3.63, 3.8) is 0 Å². The number of rotatable bonds is 12. The van der Waals surface area contributed by atoms with Crippen LogP contribution in [0.1, 0.15) is 39.2 Å². The molecule has 0 radical (unpaired) electrons. The van der Waals surface area contributed by atoms with Crippen LogP contribution in [-0.2, 0) is 39.9 Å². The van der Waals surface area contributed by atoms with E-state index in [-0.39, 0.29) is 13.2 Å². The number of carbonyl (C=O) groups is 2. The summed E-state index contributed by atoms with van der Waals surface area (Å²) in [6.07, 6.45) is -1.32. The number of aldehydes is 1.